The molecular weight excluding hydrogens is 495 g/mol. The fourth-order valence-electron chi connectivity index (χ4n) is 3.51. The molecule has 0 saturated carbocycles. The summed E-state index contributed by atoms with van der Waals surface area (Å²) < 4.78 is 8.55. The van der Waals surface area contributed by atoms with Crippen LogP contribution in [0.3, 0.4) is 0 Å². The Morgan fingerprint density at radius 3 is 2.65 bits per heavy atom. The van der Waals surface area contributed by atoms with Gasteiger partial charge in [-0.15, -0.1) is 0 Å². The van der Waals surface area contributed by atoms with E-state index in [0.717, 1.165) is 38.4 Å². The van der Waals surface area contributed by atoms with E-state index in [1.165, 1.54) is 11.5 Å². The third-order valence-electron chi connectivity index (χ3n) is 5.48. The summed E-state index contributed by atoms with van der Waals surface area (Å²) in [4.78, 5) is 21.5. The second-order valence-corrected chi connectivity index (χ2v) is 9.64. The van der Waals surface area contributed by atoms with Gasteiger partial charge in [0.1, 0.15) is 27.9 Å². The third kappa shape index (κ3) is 6.31. The number of aliphatic imine (C=N–C) groups is 1. The predicted octanol–water partition coefficient (Wildman–Crippen LogP) is 4.23. The lowest BCUT2D eigenvalue weighted by molar-refractivity contribution is 0.157. The number of nitrogens with two attached hydrogens (primary N) is 1. The zero-order valence-electron chi connectivity index (χ0n) is 18.7. The van der Waals surface area contributed by atoms with Crippen LogP contribution in [0.1, 0.15) is 5.56 Å². The van der Waals surface area contributed by atoms with E-state index in [1.54, 1.807) is 30.3 Å². The standard InChI is InChI=1S/C23H26Cl2N6O2S/c1-30-10-12-31(13-11-30)9-8-27-21(26)20-22(32)29-34-23(20)28-16-3-5-17(6-4-16)33-19-14-15(24)2-7-18(19)25/h2-7,14,28H,8-13H2,1H3,(H2,26,27)(H,29,32). The largest absolute Gasteiger partial charge is 0.456 e. The molecule has 4 N–H and O–H groups in total. The minimum absolute atomic E-state index is 0.231. The monoisotopic (exact) mass is 520 g/mol. The van der Waals surface area contributed by atoms with Gasteiger partial charge in [-0.05, 0) is 55.0 Å². The Bertz CT molecular complexity index is 1200. The van der Waals surface area contributed by atoms with Gasteiger partial charge in [0.2, 0.25) is 0 Å². The summed E-state index contributed by atoms with van der Waals surface area (Å²) in [6, 6.07) is 12.3. The van der Waals surface area contributed by atoms with Gasteiger partial charge in [-0.3, -0.25) is 19.1 Å². The summed E-state index contributed by atoms with van der Waals surface area (Å²) in [6.07, 6.45) is 0. The Morgan fingerprint density at radius 2 is 1.91 bits per heavy atom. The average molecular weight is 521 g/mol. The molecule has 0 spiro atoms. The number of likely N-dealkylation sites (N-methyl/N-ethyl adjacent to an activating group) is 1. The molecule has 0 atom stereocenters. The van der Waals surface area contributed by atoms with Crippen LogP contribution in [0.15, 0.2) is 52.3 Å². The zero-order valence-corrected chi connectivity index (χ0v) is 21.0. The lowest BCUT2D eigenvalue weighted by atomic mass is 10.2. The van der Waals surface area contributed by atoms with Crippen molar-refractivity contribution in [2.24, 2.45) is 10.7 Å². The van der Waals surface area contributed by atoms with E-state index in [9.17, 15) is 4.79 Å². The fourth-order valence-corrected chi connectivity index (χ4v) is 4.59. The number of anilines is 2. The van der Waals surface area contributed by atoms with E-state index in [0.29, 0.717) is 38.7 Å². The van der Waals surface area contributed by atoms with E-state index < -0.39 is 0 Å². The zero-order chi connectivity index (χ0) is 24.1. The van der Waals surface area contributed by atoms with E-state index in [1.807, 2.05) is 12.1 Å². The summed E-state index contributed by atoms with van der Waals surface area (Å²) in [6.45, 7) is 5.49. The molecule has 0 radical (unpaired) electrons. The van der Waals surface area contributed by atoms with Gasteiger partial charge >= 0.3 is 0 Å². The van der Waals surface area contributed by atoms with E-state index in [-0.39, 0.29) is 11.4 Å². The molecule has 180 valence electrons. The van der Waals surface area contributed by atoms with Crippen LogP contribution in [0.25, 0.3) is 0 Å². The summed E-state index contributed by atoms with van der Waals surface area (Å²) in [5.74, 6) is 1.30. The molecule has 0 unspecified atom stereocenters. The summed E-state index contributed by atoms with van der Waals surface area (Å²) >= 11 is 13.4. The van der Waals surface area contributed by atoms with Crippen LogP contribution in [0.5, 0.6) is 11.5 Å². The van der Waals surface area contributed by atoms with Gasteiger partial charge in [-0.25, -0.2) is 0 Å². The first kappa shape index (κ1) is 24.6. The highest BCUT2D eigenvalue weighted by Crippen LogP contribution is 2.32. The van der Waals surface area contributed by atoms with Crippen molar-refractivity contribution in [1.29, 1.82) is 0 Å². The number of rotatable bonds is 8. The molecule has 0 amide bonds. The molecule has 11 heteroatoms. The van der Waals surface area contributed by atoms with Gasteiger partial charge in [0.25, 0.3) is 5.56 Å². The maximum Gasteiger partial charge on any atom is 0.271 e. The normalized spacial score (nSPS) is 15.4. The highest BCUT2D eigenvalue weighted by atomic mass is 35.5. The number of halogens is 2. The first-order chi connectivity index (χ1) is 16.4. The molecule has 34 heavy (non-hydrogen) atoms. The molecule has 1 fully saturated rings. The predicted molar refractivity (Wildman–Crippen MR) is 141 cm³/mol. The number of benzene rings is 2. The number of nitrogens with zero attached hydrogens (tertiary/aromatic N) is 3. The second-order valence-electron chi connectivity index (χ2n) is 7.98. The highest BCUT2D eigenvalue weighted by Gasteiger charge is 2.16. The Labute approximate surface area is 212 Å². The van der Waals surface area contributed by atoms with Crippen molar-refractivity contribution in [1.82, 2.24) is 14.2 Å². The second kappa shape index (κ2) is 11.2. The van der Waals surface area contributed by atoms with Gasteiger partial charge in [0.15, 0.2) is 0 Å². The Morgan fingerprint density at radius 1 is 1.18 bits per heavy atom. The number of aromatic amines is 1. The lowest BCUT2D eigenvalue weighted by Crippen LogP contribution is -2.45. The molecule has 0 aliphatic carbocycles. The van der Waals surface area contributed by atoms with Crippen molar-refractivity contribution in [3.63, 3.8) is 0 Å². The van der Waals surface area contributed by atoms with Crippen molar-refractivity contribution in [3.8, 4) is 11.5 Å². The summed E-state index contributed by atoms with van der Waals surface area (Å²) in [7, 11) is 2.13. The summed E-state index contributed by atoms with van der Waals surface area (Å²) in [5.41, 5.74) is 7.06. The topological polar surface area (TPSA) is 99.0 Å². The molecule has 1 aliphatic heterocycles. The molecule has 1 aromatic heterocycles. The number of hydrogen-bond donors (Lipinski definition) is 3. The molecule has 0 bridgehead atoms. The van der Waals surface area contributed by atoms with Crippen LogP contribution >= 0.6 is 34.7 Å². The quantitative estimate of drug-likeness (QED) is 0.303. The smallest absolute Gasteiger partial charge is 0.271 e. The van der Waals surface area contributed by atoms with Crippen molar-refractivity contribution in [2.45, 2.75) is 0 Å². The van der Waals surface area contributed by atoms with Gasteiger partial charge in [-0.1, -0.05) is 23.2 Å². The molecule has 2 heterocycles. The number of aromatic nitrogens is 1. The minimum Gasteiger partial charge on any atom is -0.456 e. The molecule has 4 rings (SSSR count). The van der Waals surface area contributed by atoms with E-state index in [4.69, 9.17) is 33.7 Å². The van der Waals surface area contributed by atoms with Crippen LogP contribution in [-0.4, -0.2) is 66.3 Å². The number of amidine groups is 1. The van der Waals surface area contributed by atoms with Crippen LogP contribution in [-0.2, 0) is 0 Å². The number of hydrogen-bond acceptors (Lipinski definition) is 7. The highest BCUT2D eigenvalue weighted by molar-refractivity contribution is 7.10. The van der Waals surface area contributed by atoms with E-state index >= 15 is 0 Å². The van der Waals surface area contributed by atoms with Crippen LogP contribution < -0.4 is 21.3 Å². The molecule has 3 aromatic rings. The first-order valence-corrected chi connectivity index (χ1v) is 12.4. The average Bonchev–Trinajstić information content (AvgIpc) is 3.18. The minimum atomic E-state index is -0.260. The fraction of sp³-hybridized carbons (Fsp3) is 0.304. The van der Waals surface area contributed by atoms with Gasteiger partial charge in [0.05, 0.1) is 11.6 Å². The molecule has 1 saturated heterocycles. The van der Waals surface area contributed by atoms with Crippen LogP contribution in [0.2, 0.25) is 10.0 Å². The Hall–Kier alpha value is -2.56. The van der Waals surface area contributed by atoms with Crippen molar-refractivity contribution >= 4 is 51.3 Å². The number of piperazine rings is 1. The van der Waals surface area contributed by atoms with Crippen LogP contribution in [0, 0.1) is 0 Å². The summed E-state index contributed by atoms with van der Waals surface area (Å²) in [5, 5.41) is 4.85. The lowest BCUT2D eigenvalue weighted by Gasteiger charge is -2.31. The molecular formula is C23H26Cl2N6O2S. The van der Waals surface area contributed by atoms with Crippen molar-refractivity contribution in [3.05, 3.63) is 68.4 Å². The molecule has 2 aromatic carbocycles. The van der Waals surface area contributed by atoms with Gasteiger partial charge in [0, 0.05) is 49.5 Å². The molecule has 8 nitrogen and oxygen atoms in total. The van der Waals surface area contributed by atoms with E-state index in [2.05, 4.69) is 31.5 Å². The SMILES string of the molecule is CN1CCN(CCN=C(N)c2c(Nc3ccc(Oc4cc(Cl)ccc4Cl)cc3)s[nH]c2=O)CC1. The maximum atomic E-state index is 12.4. The van der Waals surface area contributed by atoms with Gasteiger partial charge in [-0.2, -0.15) is 0 Å². The van der Waals surface area contributed by atoms with Gasteiger partial charge < -0.3 is 20.7 Å². The van der Waals surface area contributed by atoms with Crippen molar-refractivity contribution in [2.75, 3.05) is 51.6 Å². The first-order valence-electron chi connectivity index (χ1n) is 10.8. The number of H-pyrrole nitrogens is 1. The van der Waals surface area contributed by atoms with Crippen molar-refractivity contribution < 1.29 is 4.74 Å². The number of nitrogens with one attached hydrogen (secondary N) is 2. The van der Waals surface area contributed by atoms with Crippen LogP contribution in [0.4, 0.5) is 10.7 Å². The number of ether oxygens (including phenoxy) is 1. The third-order valence-corrected chi connectivity index (χ3v) is 6.83. The Balaban J connectivity index is 1.39. The molecule has 1 aliphatic rings. The Kier molecular flexibility index (Phi) is 8.12. The maximum absolute atomic E-state index is 12.4.